The SMILES string of the molecule is CCOc1ccc(/C=N/O)c(C)n1. The second-order valence-electron chi connectivity index (χ2n) is 2.50. The van der Waals surface area contributed by atoms with E-state index in [1.54, 1.807) is 12.1 Å². The van der Waals surface area contributed by atoms with Gasteiger partial charge in [0.1, 0.15) is 0 Å². The maximum atomic E-state index is 8.33. The summed E-state index contributed by atoms with van der Waals surface area (Å²) in [5.41, 5.74) is 1.56. The Morgan fingerprint density at radius 3 is 2.92 bits per heavy atom. The zero-order valence-electron chi connectivity index (χ0n) is 7.69. The molecular formula is C9H12N2O2. The van der Waals surface area contributed by atoms with E-state index < -0.39 is 0 Å². The van der Waals surface area contributed by atoms with Gasteiger partial charge in [0.25, 0.3) is 0 Å². The second-order valence-corrected chi connectivity index (χ2v) is 2.50. The van der Waals surface area contributed by atoms with Crippen molar-refractivity contribution in [3.63, 3.8) is 0 Å². The van der Waals surface area contributed by atoms with Crippen LogP contribution >= 0.6 is 0 Å². The number of nitrogens with zero attached hydrogens (tertiary/aromatic N) is 2. The molecule has 0 aliphatic rings. The maximum Gasteiger partial charge on any atom is 0.213 e. The zero-order valence-corrected chi connectivity index (χ0v) is 7.69. The van der Waals surface area contributed by atoms with Crippen LogP contribution in [0.3, 0.4) is 0 Å². The van der Waals surface area contributed by atoms with E-state index in [-0.39, 0.29) is 0 Å². The monoisotopic (exact) mass is 180 g/mol. The fourth-order valence-electron chi connectivity index (χ4n) is 0.976. The van der Waals surface area contributed by atoms with E-state index >= 15 is 0 Å². The highest BCUT2D eigenvalue weighted by Gasteiger charge is 1.99. The van der Waals surface area contributed by atoms with Crippen molar-refractivity contribution < 1.29 is 9.94 Å². The molecule has 0 aliphatic heterocycles. The Balaban J connectivity index is 2.91. The van der Waals surface area contributed by atoms with Crippen LogP contribution in [0.25, 0.3) is 0 Å². The van der Waals surface area contributed by atoms with Gasteiger partial charge in [-0.3, -0.25) is 0 Å². The molecule has 0 saturated carbocycles. The molecule has 0 aliphatic carbocycles. The molecule has 0 spiro atoms. The molecule has 4 nitrogen and oxygen atoms in total. The minimum absolute atomic E-state index is 0.593. The van der Waals surface area contributed by atoms with Crippen LogP contribution in [0.1, 0.15) is 18.2 Å². The van der Waals surface area contributed by atoms with Gasteiger partial charge >= 0.3 is 0 Å². The van der Waals surface area contributed by atoms with E-state index in [1.807, 2.05) is 13.8 Å². The molecule has 0 amide bonds. The molecule has 1 aromatic heterocycles. The van der Waals surface area contributed by atoms with Gasteiger partial charge in [0.15, 0.2) is 0 Å². The molecule has 0 unspecified atom stereocenters. The molecule has 0 aromatic carbocycles. The molecule has 0 bridgehead atoms. The van der Waals surface area contributed by atoms with Crippen LogP contribution in [0.4, 0.5) is 0 Å². The van der Waals surface area contributed by atoms with Gasteiger partial charge in [-0.05, 0) is 19.9 Å². The molecule has 4 heteroatoms. The molecule has 0 radical (unpaired) electrons. The second kappa shape index (κ2) is 4.45. The van der Waals surface area contributed by atoms with Crippen molar-refractivity contribution in [2.24, 2.45) is 5.16 Å². The number of pyridine rings is 1. The van der Waals surface area contributed by atoms with Gasteiger partial charge < -0.3 is 9.94 Å². The van der Waals surface area contributed by atoms with Crippen LogP contribution in [0.15, 0.2) is 17.3 Å². The van der Waals surface area contributed by atoms with Crippen molar-refractivity contribution >= 4 is 6.21 Å². The van der Waals surface area contributed by atoms with Gasteiger partial charge in [-0.2, -0.15) is 0 Å². The van der Waals surface area contributed by atoms with Crippen LogP contribution in [0.5, 0.6) is 5.88 Å². The predicted molar refractivity (Wildman–Crippen MR) is 49.5 cm³/mol. The summed E-state index contributed by atoms with van der Waals surface area (Å²) in [7, 11) is 0. The van der Waals surface area contributed by atoms with Crippen LogP contribution in [0.2, 0.25) is 0 Å². The Morgan fingerprint density at radius 1 is 1.62 bits per heavy atom. The molecule has 70 valence electrons. The third-order valence-corrected chi connectivity index (χ3v) is 1.59. The lowest BCUT2D eigenvalue weighted by atomic mass is 10.2. The third-order valence-electron chi connectivity index (χ3n) is 1.59. The first-order valence-electron chi connectivity index (χ1n) is 4.05. The zero-order chi connectivity index (χ0) is 9.68. The largest absolute Gasteiger partial charge is 0.478 e. The van der Waals surface area contributed by atoms with Crippen LogP contribution in [0, 0.1) is 6.92 Å². The normalized spacial score (nSPS) is 10.6. The quantitative estimate of drug-likeness (QED) is 0.436. The molecular weight excluding hydrogens is 168 g/mol. The van der Waals surface area contributed by atoms with Crippen molar-refractivity contribution in [3.8, 4) is 5.88 Å². The fourth-order valence-corrected chi connectivity index (χ4v) is 0.976. The number of ether oxygens (including phenoxy) is 1. The number of oxime groups is 1. The average Bonchev–Trinajstić information content (AvgIpc) is 2.10. The van der Waals surface area contributed by atoms with Crippen LogP contribution in [-0.2, 0) is 0 Å². The minimum atomic E-state index is 0.593. The lowest BCUT2D eigenvalue weighted by molar-refractivity contribution is 0.321. The highest BCUT2D eigenvalue weighted by atomic mass is 16.5. The smallest absolute Gasteiger partial charge is 0.213 e. The summed E-state index contributed by atoms with van der Waals surface area (Å²) in [5, 5.41) is 11.3. The molecule has 1 N–H and O–H groups in total. The van der Waals surface area contributed by atoms with Gasteiger partial charge in [0.05, 0.1) is 18.5 Å². The van der Waals surface area contributed by atoms with E-state index in [1.165, 1.54) is 6.21 Å². The van der Waals surface area contributed by atoms with Crippen molar-refractivity contribution in [1.82, 2.24) is 4.98 Å². The van der Waals surface area contributed by atoms with Gasteiger partial charge in [-0.15, -0.1) is 0 Å². The standard InChI is InChI=1S/C9H12N2O2/c1-3-13-9-5-4-8(6-10-12)7(2)11-9/h4-6,12H,3H2,1-2H3/b10-6+. The van der Waals surface area contributed by atoms with Gasteiger partial charge in [0, 0.05) is 11.6 Å². The summed E-state index contributed by atoms with van der Waals surface area (Å²) in [6, 6.07) is 3.54. The van der Waals surface area contributed by atoms with Crippen LogP contribution in [-0.4, -0.2) is 23.0 Å². The Bertz CT molecular complexity index is 310. The topological polar surface area (TPSA) is 54.7 Å². The predicted octanol–water partition coefficient (Wildman–Crippen LogP) is 1.60. The van der Waals surface area contributed by atoms with Crippen molar-refractivity contribution in [2.45, 2.75) is 13.8 Å². The molecule has 1 heterocycles. The summed E-state index contributed by atoms with van der Waals surface area (Å²) in [6.45, 7) is 4.33. The summed E-state index contributed by atoms with van der Waals surface area (Å²) in [4.78, 5) is 4.16. The summed E-state index contributed by atoms with van der Waals surface area (Å²) in [6.07, 6.45) is 1.35. The van der Waals surface area contributed by atoms with E-state index in [9.17, 15) is 0 Å². The summed E-state index contributed by atoms with van der Waals surface area (Å²) < 4.78 is 5.20. The van der Waals surface area contributed by atoms with Crippen molar-refractivity contribution in [1.29, 1.82) is 0 Å². The number of hydrogen-bond donors (Lipinski definition) is 1. The Morgan fingerprint density at radius 2 is 2.38 bits per heavy atom. The van der Waals surface area contributed by atoms with Gasteiger partial charge in [0.2, 0.25) is 5.88 Å². The van der Waals surface area contributed by atoms with E-state index in [4.69, 9.17) is 9.94 Å². The van der Waals surface area contributed by atoms with Crippen molar-refractivity contribution in [2.75, 3.05) is 6.61 Å². The number of aromatic nitrogens is 1. The van der Waals surface area contributed by atoms with Gasteiger partial charge in [-0.1, -0.05) is 5.16 Å². The van der Waals surface area contributed by atoms with Crippen LogP contribution < -0.4 is 4.74 Å². The number of hydrogen-bond acceptors (Lipinski definition) is 4. The third kappa shape index (κ3) is 2.43. The van der Waals surface area contributed by atoms with Crippen molar-refractivity contribution in [3.05, 3.63) is 23.4 Å². The molecule has 0 saturated heterocycles. The first-order chi connectivity index (χ1) is 6.27. The molecule has 0 fully saturated rings. The van der Waals surface area contributed by atoms with E-state index in [0.717, 1.165) is 11.3 Å². The first-order valence-corrected chi connectivity index (χ1v) is 4.05. The molecule has 0 atom stereocenters. The molecule has 1 rings (SSSR count). The van der Waals surface area contributed by atoms with E-state index in [0.29, 0.717) is 12.5 Å². The Labute approximate surface area is 76.9 Å². The van der Waals surface area contributed by atoms with E-state index in [2.05, 4.69) is 10.1 Å². The first kappa shape index (κ1) is 9.51. The maximum absolute atomic E-state index is 8.33. The average molecular weight is 180 g/mol. The fraction of sp³-hybridized carbons (Fsp3) is 0.333. The Kier molecular flexibility index (Phi) is 3.25. The highest BCUT2D eigenvalue weighted by molar-refractivity contribution is 5.80. The molecule has 13 heavy (non-hydrogen) atoms. The Hall–Kier alpha value is -1.58. The highest BCUT2D eigenvalue weighted by Crippen LogP contribution is 2.10. The summed E-state index contributed by atoms with van der Waals surface area (Å²) in [5.74, 6) is 0.593. The number of rotatable bonds is 3. The summed E-state index contributed by atoms with van der Waals surface area (Å²) >= 11 is 0. The van der Waals surface area contributed by atoms with Gasteiger partial charge in [-0.25, -0.2) is 4.98 Å². The number of aryl methyl sites for hydroxylation is 1. The minimum Gasteiger partial charge on any atom is -0.478 e. The molecule has 1 aromatic rings. The lowest BCUT2D eigenvalue weighted by Gasteiger charge is -2.03. The lowest BCUT2D eigenvalue weighted by Crippen LogP contribution is -1.98.